The molecule has 1 aliphatic heterocycles. The Bertz CT molecular complexity index is 807. The lowest BCUT2D eigenvalue weighted by Gasteiger charge is -2.22. The van der Waals surface area contributed by atoms with Gasteiger partial charge < -0.3 is 14.3 Å². The highest BCUT2D eigenvalue weighted by Crippen LogP contribution is 2.22. The molecule has 7 heteroatoms. The smallest absolute Gasteiger partial charge is 0.217 e. The number of furan rings is 1. The highest BCUT2D eigenvalue weighted by molar-refractivity contribution is 5.73. The number of hydrogen-bond acceptors (Lipinski definition) is 5. The average molecular weight is 386 g/mol. The first-order valence-corrected chi connectivity index (χ1v) is 10.0. The second-order valence-corrected chi connectivity index (χ2v) is 8.04. The van der Waals surface area contributed by atoms with E-state index in [0.29, 0.717) is 5.92 Å². The highest BCUT2D eigenvalue weighted by atomic mass is 16.3. The largest absolute Gasteiger partial charge is 0.465 e. The molecule has 7 nitrogen and oxygen atoms in total. The third-order valence-electron chi connectivity index (χ3n) is 4.95. The van der Waals surface area contributed by atoms with Crippen molar-refractivity contribution in [3.8, 4) is 0 Å². The topological polar surface area (TPSA) is 76.2 Å². The molecule has 0 spiro atoms. The molecule has 0 unspecified atom stereocenters. The summed E-state index contributed by atoms with van der Waals surface area (Å²) in [6.45, 7) is 11.6. The van der Waals surface area contributed by atoms with Crippen LogP contribution in [-0.2, 0) is 17.8 Å². The molecule has 0 saturated heterocycles. The first-order valence-electron chi connectivity index (χ1n) is 10.0. The SMILES string of the molecule is CC(=O)N[C@@H](CC(C)C)c1nnc2n1CCN(C/C(C)=C/c1ccco1)CC2. The van der Waals surface area contributed by atoms with E-state index in [0.717, 1.165) is 56.4 Å². The molecule has 0 aliphatic carbocycles. The summed E-state index contributed by atoms with van der Waals surface area (Å²) in [5.74, 6) is 3.20. The molecule has 0 fully saturated rings. The summed E-state index contributed by atoms with van der Waals surface area (Å²) in [5.41, 5.74) is 1.27. The van der Waals surface area contributed by atoms with Gasteiger partial charge in [-0.15, -0.1) is 10.2 Å². The number of aromatic nitrogens is 3. The Labute approximate surface area is 166 Å². The molecule has 1 amide bonds. The van der Waals surface area contributed by atoms with Crippen LogP contribution in [0.2, 0.25) is 0 Å². The Hall–Kier alpha value is -2.41. The zero-order chi connectivity index (χ0) is 20.1. The van der Waals surface area contributed by atoms with Crippen LogP contribution >= 0.6 is 0 Å². The van der Waals surface area contributed by atoms with Crippen molar-refractivity contribution < 1.29 is 9.21 Å². The monoisotopic (exact) mass is 385 g/mol. The van der Waals surface area contributed by atoms with Gasteiger partial charge >= 0.3 is 0 Å². The van der Waals surface area contributed by atoms with Gasteiger partial charge in [0.15, 0.2) is 5.82 Å². The van der Waals surface area contributed by atoms with Crippen LogP contribution in [0.3, 0.4) is 0 Å². The predicted molar refractivity (Wildman–Crippen MR) is 109 cm³/mol. The summed E-state index contributed by atoms with van der Waals surface area (Å²) >= 11 is 0. The molecule has 2 aromatic heterocycles. The van der Waals surface area contributed by atoms with Crippen molar-refractivity contribution in [3.05, 3.63) is 41.4 Å². The molecule has 0 saturated carbocycles. The summed E-state index contributed by atoms with van der Waals surface area (Å²) in [5, 5.41) is 11.9. The molecule has 0 radical (unpaired) electrons. The molecule has 0 bridgehead atoms. The Kier molecular flexibility index (Phi) is 6.67. The second kappa shape index (κ2) is 9.19. The Morgan fingerprint density at radius 2 is 2.11 bits per heavy atom. The van der Waals surface area contributed by atoms with Crippen LogP contribution in [0.15, 0.2) is 28.4 Å². The van der Waals surface area contributed by atoms with Gasteiger partial charge in [0.1, 0.15) is 11.6 Å². The molecular formula is C21H31N5O2. The number of nitrogens with zero attached hydrogens (tertiary/aromatic N) is 4. The van der Waals surface area contributed by atoms with Gasteiger partial charge in [-0.1, -0.05) is 19.4 Å². The zero-order valence-corrected chi connectivity index (χ0v) is 17.3. The fourth-order valence-electron chi connectivity index (χ4n) is 3.77. The van der Waals surface area contributed by atoms with Crippen molar-refractivity contribution in [2.45, 2.75) is 53.1 Å². The molecule has 1 aliphatic rings. The summed E-state index contributed by atoms with van der Waals surface area (Å²) in [6, 6.07) is 3.78. The molecule has 1 N–H and O–H groups in total. The molecule has 152 valence electrons. The fraction of sp³-hybridized carbons (Fsp3) is 0.571. The average Bonchev–Trinajstić information content (AvgIpc) is 3.21. The minimum atomic E-state index is -0.0918. The molecule has 3 rings (SSSR count). The van der Waals surface area contributed by atoms with E-state index >= 15 is 0 Å². The number of carbonyl (C=O) groups excluding carboxylic acids is 1. The van der Waals surface area contributed by atoms with Crippen LogP contribution in [0.4, 0.5) is 0 Å². The maximum Gasteiger partial charge on any atom is 0.217 e. The second-order valence-electron chi connectivity index (χ2n) is 8.04. The molecule has 28 heavy (non-hydrogen) atoms. The van der Waals surface area contributed by atoms with Gasteiger partial charge in [-0.2, -0.15) is 0 Å². The molecule has 3 heterocycles. The summed E-state index contributed by atoms with van der Waals surface area (Å²) in [7, 11) is 0. The normalized spacial score (nSPS) is 16.7. The van der Waals surface area contributed by atoms with Crippen LogP contribution in [-0.4, -0.2) is 45.2 Å². The Morgan fingerprint density at radius 1 is 1.29 bits per heavy atom. The summed E-state index contributed by atoms with van der Waals surface area (Å²) in [6.07, 6.45) is 5.50. The number of fused-ring (bicyclic) bond motifs is 1. The number of nitrogens with one attached hydrogen (secondary N) is 1. The number of amides is 1. The quantitative estimate of drug-likeness (QED) is 0.793. The van der Waals surface area contributed by atoms with E-state index in [9.17, 15) is 4.79 Å². The number of rotatable bonds is 7. The molecule has 1 atom stereocenters. The maximum absolute atomic E-state index is 11.7. The van der Waals surface area contributed by atoms with Gasteiger partial charge in [0.2, 0.25) is 5.91 Å². The lowest BCUT2D eigenvalue weighted by molar-refractivity contribution is -0.119. The Morgan fingerprint density at radius 3 is 2.79 bits per heavy atom. The van der Waals surface area contributed by atoms with Crippen molar-refractivity contribution in [1.29, 1.82) is 0 Å². The van der Waals surface area contributed by atoms with Crippen LogP contribution < -0.4 is 5.32 Å². The molecular weight excluding hydrogens is 354 g/mol. The number of carbonyl (C=O) groups is 1. The standard InChI is InChI=1S/C21H31N5O2/c1-15(2)12-19(22-17(4)27)21-24-23-20-7-8-25(9-10-26(20)21)14-16(3)13-18-6-5-11-28-18/h5-6,11,13,15,19H,7-10,12,14H2,1-4H3,(H,22,27)/b16-13+/t19-/m0/s1. The zero-order valence-electron chi connectivity index (χ0n) is 17.3. The molecule has 0 aromatic carbocycles. The van der Waals surface area contributed by atoms with Crippen molar-refractivity contribution >= 4 is 12.0 Å². The van der Waals surface area contributed by atoms with E-state index in [1.54, 1.807) is 13.2 Å². The Balaban J connectivity index is 1.69. The van der Waals surface area contributed by atoms with Gasteiger partial charge in [0.05, 0.1) is 12.3 Å². The summed E-state index contributed by atoms with van der Waals surface area (Å²) in [4.78, 5) is 14.1. The van der Waals surface area contributed by atoms with Crippen molar-refractivity contribution in [3.63, 3.8) is 0 Å². The first kappa shape index (κ1) is 20.3. The third kappa shape index (κ3) is 5.32. The van der Waals surface area contributed by atoms with E-state index in [1.807, 2.05) is 12.1 Å². The van der Waals surface area contributed by atoms with Gasteiger partial charge in [-0.05, 0) is 37.5 Å². The maximum atomic E-state index is 11.7. The van der Waals surface area contributed by atoms with Gasteiger partial charge in [-0.25, -0.2) is 0 Å². The molecule has 2 aromatic rings. The highest BCUT2D eigenvalue weighted by Gasteiger charge is 2.25. The number of hydrogen-bond donors (Lipinski definition) is 1. The van der Waals surface area contributed by atoms with E-state index in [-0.39, 0.29) is 11.9 Å². The van der Waals surface area contributed by atoms with Gasteiger partial charge in [0.25, 0.3) is 0 Å². The predicted octanol–water partition coefficient (Wildman–Crippen LogP) is 3.06. The van der Waals surface area contributed by atoms with Crippen molar-refractivity contribution in [2.24, 2.45) is 5.92 Å². The van der Waals surface area contributed by atoms with E-state index < -0.39 is 0 Å². The van der Waals surface area contributed by atoms with E-state index in [2.05, 4.69) is 51.8 Å². The van der Waals surface area contributed by atoms with Crippen LogP contribution in [0, 0.1) is 5.92 Å². The first-order chi connectivity index (χ1) is 13.4. The van der Waals surface area contributed by atoms with Crippen LogP contribution in [0.25, 0.3) is 6.08 Å². The fourth-order valence-corrected chi connectivity index (χ4v) is 3.77. The van der Waals surface area contributed by atoms with Crippen LogP contribution in [0.5, 0.6) is 0 Å². The van der Waals surface area contributed by atoms with Crippen molar-refractivity contribution in [2.75, 3.05) is 19.6 Å². The van der Waals surface area contributed by atoms with Crippen molar-refractivity contribution in [1.82, 2.24) is 25.0 Å². The minimum absolute atomic E-state index is 0.0306. The van der Waals surface area contributed by atoms with Gasteiger partial charge in [0, 0.05) is 39.5 Å². The summed E-state index contributed by atoms with van der Waals surface area (Å²) < 4.78 is 7.61. The lowest BCUT2D eigenvalue weighted by atomic mass is 10.0. The van der Waals surface area contributed by atoms with E-state index in [4.69, 9.17) is 4.42 Å². The third-order valence-corrected chi connectivity index (χ3v) is 4.95. The van der Waals surface area contributed by atoms with Gasteiger partial charge in [-0.3, -0.25) is 9.69 Å². The van der Waals surface area contributed by atoms with Crippen LogP contribution in [0.1, 0.15) is 57.6 Å². The van der Waals surface area contributed by atoms with E-state index in [1.165, 1.54) is 5.57 Å². The lowest BCUT2D eigenvalue weighted by Crippen LogP contribution is -2.31. The minimum Gasteiger partial charge on any atom is -0.465 e.